The Balaban J connectivity index is 1.36. The van der Waals surface area contributed by atoms with Gasteiger partial charge in [0.05, 0.1) is 6.54 Å². The Bertz CT molecular complexity index is 941. The van der Waals surface area contributed by atoms with Gasteiger partial charge in [-0.05, 0) is 50.1 Å². The number of likely N-dealkylation sites (N-methyl/N-ethyl adjacent to an activating group) is 1. The van der Waals surface area contributed by atoms with E-state index in [1.807, 2.05) is 0 Å². The van der Waals surface area contributed by atoms with Gasteiger partial charge < -0.3 is 14.6 Å². The molecule has 4 heteroatoms. The van der Waals surface area contributed by atoms with Crippen LogP contribution >= 0.6 is 0 Å². The maximum Gasteiger partial charge on any atom is 0.123 e. The highest BCUT2D eigenvalue weighted by atomic mass is 16.3. The van der Waals surface area contributed by atoms with Gasteiger partial charge in [-0.1, -0.05) is 61.2 Å². The van der Waals surface area contributed by atoms with E-state index in [1.54, 1.807) is 0 Å². The first-order chi connectivity index (χ1) is 14.6. The number of rotatable bonds is 8. The van der Waals surface area contributed by atoms with Crippen LogP contribution in [0.4, 0.5) is 0 Å². The molecule has 0 saturated heterocycles. The molecule has 1 aromatic heterocycles. The number of fused-ring (bicyclic) bond motifs is 1. The molecule has 2 N–H and O–H groups in total. The molecule has 0 aliphatic heterocycles. The van der Waals surface area contributed by atoms with Gasteiger partial charge >= 0.3 is 0 Å². The molecule has 0 spiro atoms. The predicted octanol–water partition coefficient (Wildman–Crippen LogP) is 4.79. The van der Waals surface area contributed by atoms with Crippen LogP contribution in [0.15, 0.2) is 54.7 Å². The lowest BCUT2D eigenvalue weighted by Crippen LogP contribution is -2.41. The van der Waals surface area contributed by atoms with Gasteiger partial charge in [-0.2, -0.15) is 0 Å². The summed E-state index contributed by atoms with van der Waals surface area (Å²) in [6.45, 7) is 4.45. The van der Waals surface area contributed by atoms with Gasteiger partial charge in [0.15, 0.2) is 0 Å². The molecule has 1 aliphatic rings. The number of aromatic nitrogens is 1. The maximum atomic E-state index is 10.6. The van der Waals surface area contributed by atoms with E-state index in [-0.39, 0.29) is 0 Å². The summed E-state index contributed by atoms with van der Waals surface area (Å²) in [7, 11) is 2.22. The molecule has 0 amide bonds. The van der Waals surface area contributed by atoms with Crippen LogP contribution in [0.1, 0.15) is 37.7 Å². The molecule has 3 aromatic rings. The van der Waals surface area contributed by atoms with Crippen LogP contribution in [0.2, 0.25) is 0 Å². The number of aliphatic hydroxyl groups excluding tert-OH is 1. The van der Waals surface area contributed by atoms with Crippen LogP contribution in [0.3, 0.4) is 0 Å². The molecule has 1 unspecified atom stereocenters. The van der Waals surface area contributed by atoms with Crippen LogP contribution in [0.5, 0.6) is 0 Å². The molecule has 4 nitrogen and oxygen atoms in total. The molecule has 1 heterocycles. The summed E-state index contributed by atoms with van der Waals surface area (Å²) in [6, 6.07) is 18.0. The molecule has 30 heavy (non-hydrogen) atoms. The first-order valence-electron chi connectivity index (χ1n) is 11.4. The Labute approximate surface area is 180 Å². The van der Waals surface area contributed by atoms with Crippen molar-refractivity contribution in [3.63, 3.8) is 0 Å². The van der Waals surface area contributed by atoms with Gasteiger partial charge in [0.2, 0.25) is 0 Å². The van der Waals surface area contributed by atoms with E-state index >= 15 is 0 Å². The van der Waals surface area contributed by atoms with E-state index in [2.05, 4.69) is 83.5 Å². The van der Waals surface area contributed by atoms with Gasteiger partial charge in [-0.15, -0.1) is 0 Å². The maximum absolute atomic E-state index is 10.6. The molecule has 0 bridgehead atoms. The molecular formula is C26H35N3O. The standard InChI is InChI=1S/C26H35N3O/c1-20-11-13-21(14-12-20)23-9-6-10-25-24(23)15-17-29(25)19-26(30)27-16-18-28(2)22-7-4-3-5-8-22/h6,9-15,17,22,26-27,30H,3-5,7-8,16,18-19H2,1-2H3. The molecule has 4 rings (SSSR count). The number of hydrogen-bond acceptors (Lipinski definition) is 3. The van der Waals surface area contributed by atoms with E-state index in [0.29, 0.717) is 12.6 Å². The Morgan fingerprint density at radius 3 is 2.60 bits per heavy atom. The van der Waals surface area contributed by atoms with Crippen LogP contribution < -0.4 is 5.32 Å². The van der Waals surface area contributed by atoms with Gasteiger partial charge in [-0.3, -0.25) is 5.32 Å². The first-order valence-corrected chi connectivity index (χ1v) is 11.4. The van der Waals surface area contributed by atoms with E-state index in [1.165, 1.54) is 54.2 Å². The van der Waals surface area contributed by atoms with Crippen LogP contribution in [0, 0.1) is 6.92 Å². The fourth-order valence-electron chi connectivity index (χ4n) is 4.73. The number of hydrogen-bond donors (Lipinski definition) is 2. The number of nitrogens with zero attached hydrogens (tertiary/aromatic N) is 2. The van der Waals surface area contributed by atoms with Crippen molar-refractivity contribution in [2.45, 2.75) is 57.8 Å². The summed E-state index contributed by atoms with van der Waals surface area (Å²) in [6.07, 6.45) is 8.27. The minimum atomic E-state index is -0.552. The predicted molar refractivity (Wildman–Crippen MR) is 126 cm³/mol. The van der Waals surface area contributed by atoms with Crippen LogP contribution in [-0.4, -0.2) is 47.0 Å². The SMILES string of the molecule is Cc1ccc(-c2cccc3c2ccn3CC(O)NCCN(C)C2CCCCC2)cc1. The quantitative estimate of drug-likeness (QED) is 0.530. The summed E-state index contributed by atoms with van der Waals surface area (Å²) in [4.78, 5) is 2.46. The van der Waals surface area contributed by atoms with E-state index < -0.39 is 6.23 Å². The fraction of sp³-hybridized carbons (Fsp3) is 0.462. The number of nitrogens with one attached hydrogen (secondary N) is 1. The summed E-state index contributed by atoms with van der Waals surface area (Å²) in [5.74, 6) is 0. The Morgan fingerprint density at radius 2 is 1.83 bits per heavy atom. The first kappa shape index (κ1) is 21.1. The van der Waals surface area contributed by atoms with Gasteiger partial charge in [0.25, 0.3) is 0 Å². The highest BCUT2D eigenvalue weighted by Crippen LogP contribution is 2.29. The summed E-state index contributed by atoms with van der Waals surface area (Å²) < 4.78 is 2.15. The van der Waals surface area contributed by atoms with Gasteiger partial charge in [-0.25, -0.2) is 0 Å². The molecule has 1 aliphatic carbocycles. The molecule has 0 radical (unpaired) electrons. The van der Waals surface area contributed by atoms with Crippen molar-refractivity contribution < 1.29 is 5.11 Å². The summed E-state index contributed by atoms with van der Waals surface area (Å²) in [5.41, 5.74) is 4.90. The van der Waals surface area contributed by atoms with Crippen molar-refractivity contribution in [1.29, 1.82) is 0 Å². The van der Waals surface area contributed by atoms with Crippen molar-refractivity contribution in [2.24, 2.45) is 0 Å². The minimum absolute atomic E-state index is 0.550. The van der Waals surface area contributed by atoms with Crippen molar-refractivity contribution in [3.8, 4) is 11.1 Å². The number of aliphatic hydroxyl groups is 1. The zero-order chi connectivity index (χ0) is 20.9. The lowest BCUT2D eigenvalue weighted by molar-refractivity contribution is 0.110. The molecule has 1 saturated carbocycles. The van der Waals surface area contributed by atoms with Crippen molar-refractivity contribution >= 4 is 10.9 Å². The van der Waals surface area contributed by atoms with E-state index in [0.717, 1.165) is 18.6 Å². The number of aryl methyl sites for hydroxylation is 1. The Morgan fingerprint density at radius 1 is 1.07 bits per heavy atom. The van der Waals surface area contributed by atoms with Crippen molar-refractivity contribution in [1.82, 2.24) is 14.8 Å². The average Bonchev–Trinajstić information content (AvgIpc) is 3.18. The minimum Gasteiger partial charge on any atom is -0.377 e. The molecule has 2 aromatic carbocycles. The largest absolute Gasteiger partial charge is 0.377 e. The second-order valence-electron chi connectivity index (χ2n) is 8.81. The van der Waals surface area contributed by atoms with Crippen molar-refractivity contribution in [2.75, 3.05) is 20.1 Å². The van der Waals surface area contributed by atoms with Gasteiger partial charge in [0.1, 0.15) is 6.23 Å². The third-order valence-corrected chi connectivity index (χ3v) is 6.59. The highest BCUT2D eigenvalue weighted by molar-refractivity contribution is 5.95. The zero-order valence-corrected chi connectivity index (χ0v) is 18.3. The van der Waals surface area contributed by atoms with Crippen LogP contribution in [-0.2, 0) is 6.54 Å². The summed E-state index contributed by atoms with van der Waals surface area (Å²) in [5, 5.41) is 15.1. The normalized spacial score (nSPS) is 16.4. The third-order valence-electron chi connectivity index (χ3n) is 6.59. The zero-order valence-electron chi connectivity index (χ0n) is 18.3. The second-order valence-corrected chi connectivity index (χ2v) is 8.81. The molecule has 1 atom stereocenters. The van der Waals surface area contributed by atoms with E-state index in [9.17, 15) is 5.11 Å². The van der Waals surface area contributed by atoms with Gasteiger partial charge in [0, 0.05) is 36.2 Å². The molecule has 160 valence electrons. The monoisotopic (exact) mass is 405 g/mol. The molecule has 1 fully saturated rings. The Kier molecular flexibility index (Phi) is 6.88. The summed E-state index contributed by atoms with van der Waals surface area (Å²) >= 11 is 0. The van der Waals surface area contributed by atoms with Crippen LogP contribution in [0.25, 0.3) is 22.0 Å². The number of benzene rings is 2. The van der Waals surface area contributed by atoms with Crippen molar-refractivity contribution in [3.05, 3.63) is 60.3 Å². The third kappa shape index (κ3) is 4.94. The molecular weight excluding hydrogens is 370 g/mol. The second kappa shape index (κ2) is 9.78. The smallest absolute Gasteiger partial charge is 0.123 e. The van der Waals surface area contributed by atoms with E-state index in [4.69, 9.17) is 0 Å². The lowest BCUT2D eigenvalue weighted by Gasteiger charge is -2.31. The fourth-order valence-corrected chi connectivity index (χ4v) is 4.73. The highest BCUT2D eigenvalue weighted by Gasteiger charge is 2.18. The average molecular weight is 406 g/mol. The topological polar surface area (TPSA) is 40.4 Å². The Hall–Kier alpha value is -2.14. The lowest BCUT2D eigenvalue weighted by atomic mass is 9.94.